The number of carbonyl (C=O) groups is 1. The van der Waals surface area contributed by atoms with Crippen LogP contribution in [-0.2, 0) is 4.79 Å². The van der Waals surface area contributed by atoms with E-state index in [0.29, 0.717) is 0 Å². The van der Waals surface area contributed by atoms with Gasteiger partial charge in [-0.15, -0.1) is 18.3 Å². The Morgan fingerprint density at radius 1 is 1.47 bits per heavy atom. The highest BCUT2D eigenvalue weighted by atomic mass is 32.2. The number of amides is 1. The van der Waals surface area contributed by atoms with Crippen LogP contribution in [-0.4, -0.2) is 17.7 Å². The lowest BCUT2D eigenvalue weighted by Gasteiger charge is -2.33. The molecular formula is C14H15NOS. The average molecular weight is 245 g/mol. The number of nitrogens with zero attached hydrogens (tertiary/aromatic N) is 1. The second-order valence-corrected chi connectivity index (χ2v) is 6.40. The van der Waals surface area contributed by atoms with Crippen molar-refractivity contribution in [2.45, 2.75) is 23.0 Å². The van der Waals surface area contributed by atoms with E-state index in [1.807, 2.05) is 31.3 Å². The van der Waals surface area contributed by atoms with E-state index in [-0.39, 0.29) is 16.1 Å². The Morgan fingerprint density at radius 3 is 2.82 bits per heavy atom. The van der Waals surface area contributed by atoms with Gasteiger partial charge in [-0.25, -0.2) is 0 Å². The Balaban J connectivity index is 2.10. The van der Waals surface area contributed by atoms with E-state index < -0.39 is 0 Å². The van der Waals surface area contributed by atoms with Crippen molar-refractivity contribution in [3.63, 3.8) is 0 Å². The number of rotatable bonds is 1. The molecule has 2 nitrogen and oxygen atoms in total. The average Bonchev–Trinajstić information content (AvgIpc) is 2.94. The molecule has 0 aromatic heterocycles. The molecule has 3 rings (SSSR count). The Labute approximate surface area is 106 Å². The summed E-state index contributed by atoms with van der Waals surface area (Å²) in [4.78, 5) is 15.5. The van der Waals surface area contributed by atoms with E-state index in [0.717, 1.165) is 12.1 Å². The molecule has 1 aliphatic carbocycles. The normalized spacial score (nSPS) is 34.7. The smallest absolute Gasteiger partial charge is 0.244 e. The molecule has 1 saturated carbocycles. The van der Waals surface area contributed by atoms with E-state index in [1.54, 1.807) is 16.7 Å². The molecule has 0 N–H and O–H groups in total. The van der Waals surface area contributed by atoms with Crippen LogP contribution in [0.4, 0.5) is 5.69 Å². The monoisotopic (exact) mass is 245 g/mol. The number of allylic oxidation sites excluding steroid dienone is 1. The summed E-state index contributed by atoms with van der Waals surface area (Å²) in [6.07, 6.45) is 2.82. The molecule has 1 heterocycles. The highest BCUT2D eigenvalue weighted by Gasteiger charge is 2.70. The van der Waals surface area contributed by atoms with Crippen LogP contribution in [0.5, 0.6) is 0 Å². The van der Waals surface area contributed by atoms with Crippen LogP contribution in [0.3, 0.4) is 0 Å². The first-order valence-corrected chi connectivity index (χ1v) is 6.55. The predicted molar refractivity (Wildman–Crippen MR) is 71.4 cm³/mol. The largest absolute Gasteiger partial charge is 0.313 e. The summed E-state index contributed by atoms with van der Waals surface area (Å²) in [5.41, 5.74) is 0.961. The number of benzene rings is 1. The van der Waals surface area contributed by atoms with Gasteiger partial charge in [-0.2, -0.15) is 0 Å². The van der Waals surface area contributed by atoms with Crippen LogP contribution in [0.15, 0.2) is 41.8 Å². The lowest BCUT2D eigenvalue weighted by atomic mass is 10.1. The van der Waals surface area contributed by atoms with Gasteiger partial charge in [0.2, 0.25) is 5.91 Å². The van der Waals surface area contributed by atoms with E-state index in [2.05, 4.69) is 19.6 Å². The molecule has 2 aliphatic rings. The highest BCUT2D eigenvalue weighted by Crippen LogP contribution is 2.69. The summed E-state index contributed by atoms with van der Waals surface area (Å²) in [5.74, 6) is 0.212. The molecule has 2 unspecified atom stereocenters. The highest BCUT2D eigenvalue weighted by molar-refractivity contribution is 8.02. The second kappa shape index (κ2) is 3.16. The molecule has 88 valence electrons. The van der Waals surface area contributed by atoms with E-state index in [1.165, 1.54) is 4.90 Å². The number of para-hydroxylation sites is 1. The molecule has 3 heteroatoms. The third kappa shape index (κ3) is 1.20. The van der Waals surface area contributed by atoms with E-state index in [4.69, 9.17) is 0 Å². The fourth-order valence-corrected chi connectivity index (χ4v) is 4.36. The summed E-state index contributed by atoms with van der Waals surface area (Å²) in [6.45, 7) is 5.99. The molecule has 1 fully saturated rings. The van der Waals surface area contributed by atoms with Crippen molar-refractivity contribution < 1.29 is 4.79 Å². The van der Waals surface area contributed by atoms with Crippen LogP contribution < -0.4 is 4.90 Å². The Kier molecular flexibility index (Phi) is 2.03. The van der Waals surface area contributed by atoms with Crippen molar-refractivity contribution >= 4 is 23.4 Å². The molecular weight excluding hydrogens is 230 g/mol. The van der Waals surface area contributed by atoms with Crippen molar-refractivity contribution in [1.82, 2.24) is 0 Å². The first-order valence-electron chi connectivity index (χ1n) is 5.74. The Bertz CT molecular complexity index is 527. The minimum Gasteiger partial charge on any atom is -0.313 e. The van der Waals surface area contributed by atoms with Crippen molar-refractivity contribution in [3.05, 3.63) is 36.9 Å². The van der Waals surface area contributed by atoms with Gasteiger partial charge < -0.3 is 4.90 Å². The molecule has 0 radical (unpaired) electrons. The lowest BCUT2D eigenvalue weighted by Crippen LogP contribution is -2.42. The van der Waals surface area contributed by atoms with Crippen LogP contribution in [0.1, 0.15) is 13.3 Å². The third-order valence-corrected chi connectivity index (χ3v) is 5.72. The van der Waals surface area contributed by atoms with E-state index >= 15 is 0 Å². The Hall–Kier alpha value is -1.22. The molecule has 0 saturated heterocycles. The standard InChI is InChI=1S/C14H15NOS/c1-4-13(2)9-14(13)12(16)15(3)10-7-5-6-8-11(10)17-14/h4-8H,1,9H2,2-3H3. The van der Waals surface area contributed by atoms with Gasteiger partial charge in [-0.05, 0) is 18.6 Å². The van der Waals surface area contributed by atoms with Gasteiger partial charge in [-0.1, -0.05) is 25.1 Å². The number of carbonyl (C=O) groups excluding carboxylic acids is 1. The van der Waals surface area contributed by atoms with Gasteiger partial charge in [0.15, 0.2) is 0 Å². The maximum absolute atomic E-state index is 12.5. The van der Waals surface area contributed by atoms with Crippen LogP contribution in [0, 0.1) is 5.41 Å². The van der Waals surface area contributed by atoms with Gasteiger partial charge in [0, 0.05) is 17.4 Å². The summed E-state index contributed by atoms with van der Waals surface area (Å²) in [5, 5.41) is 0. The lowest BCUT2D eigenvalue weighted by molar-refractivity contribution is -0.119. The molecule has 1 aromatic carbocycles. The fraction of sp³-hybridized carbons (Fsp3) is 0.357. The number of hydrogen-bond acceptors (Lipinski definition) is 2. The molecule has 17 heavy (non-hydrogen) atoms. The summed E-state index contributed by atoms with van der Waals surface area (Å²) in [6, 6.07) is 8.09. The minimum atomic E-state index is -0.308. The van der Waals surface area contributed by atoms with Crippen molar-refractivity contribution in [1.29, 1.82) is 0 Å². The molecule has 1 aliphatic heterocycles. The second-order valence-electron chi connectivity index (χ2n) is 5.06. The zero-order valence-corrected chi connectivity index (χ0v) is 10.9. The maximum atomic E-state index is 12.5. The van der Waals surface area contributed by atoms with Gasteiger partial charge in [0.05, 0.1) is 5.69 Å². The number of anilines is 1. The maximum Gasteiger partial charge on any atom is 0.244 e. The Morgan fingerprint density at radius 2 is 2.18 bits per heavy atom. The summed E-state index contributed by atoms with van der Waals surface area (Å²) < 4.78 is -0.308. The minimum absolute atomic E-state index is 0.0590. The van der Waals surface area contributed by atoms with Gasteiger partial charge in [0.25, 0.3) is 0 Å². The zero-order valence-electron chi connectivity index (χ0n) is 10.1. The zero-order chi connectivity index (χ0) is 12.3. The van der Waals surface area contributed by atoms with Crippen molar-refractivity contribution in [3.8, 4) is 0 Å². The van der Waals surface area contributed by atoms with Gasteiger partial charge in [-0.3, -0.25) is 4.79 Å². The topological polar surface area (TPSA) is 20.3 Å². The summed E-state index contributed by atoms with van der Waals surface area (Å²) >= 11 is 1.71. The van der Waals surface area contributed by atoms with Gasteiger partial charge >= 0.3 is 0 Å². The molecule has 0 bridgehead atoms. The number of hydrogen-bond donors (Lipinski definition) is 0. The molecule has 1 aromatic rings. The fourth-order valence-electron chi connectivity index (χ4n) is 2.61. The molecule has 1 spiro atoms. The predicted octanol–water partition coefficient (Wildman–Crippen LogP) is 3.09. The van der Waals surface area contributed by atoms with Crippen molar-refractivity contribution in [2.24, 2.45) is 5.41 Å². The first kappa shape index (κ1) is 10.9. The number of fused-ring (bicyclic) bond motifs is 1. The van der Waals surface area contributed by atoms with Crippen LogP contribution in [0.25, 0.3) is 0 Å². The molecule has 1 amide bonds. The van der Waals surface area contributed by atoms with Crippen LogP contribution >= 0.6 is 11.8 Å². The number of thioether (sulfide) groups is 1. The quantitative estimate of drug-likeness (QED) is 0.709. The molecule has 2 atom stereocenters. The summed E-state index contributed by atoms with van der Waals surface area (Å²) in [7, 11) is 1.87. The van der Waals surface area contributed by atoms with E-state index in [9.17, 15) is 4.79 Å². The SMILES string of the molecule is C=CC1(C)CC12Sc1ccccc1N(C)C2=O. The first-order chi connectivity index (χ1) is 8.04. The van der Waals surface area contributed by atoms with Crippen molar-refractivity contribution in [2.75, 3.05) is 11.9 Å². The van der Waals surface area contributed by atoms with Crippen LogP contribution in [0.2, 0.25) is 0 Å². The third-order valence-electron chi connectivity index (χ3n) is 4.03. The van der Waals surface area contributed by atoms with Gasteiger partial charge in [0.1, 0.15) is 4.75 Å².